The summed E-state index contributed by atoms with van der Waals surface area (Å²) in [6.07, 6.45) is 1.02. The van der Waals surface area contributed by atoms with Crippen molar-refractivity contribution < 1.29 is 14.3 Å². The van der Waals surface area contributed by atoms with Gasteiger partial charge in [0.2, 0.25) is 11.8 Å². The van der Waals surface area contributed by atoms with Gasteiger partial charge in [-0.25, -0.2) is 0 Å². The van der Waals surface area contributed by atoms with Crippen LogP contribution in [0, 0.1) is 16.7 Å². The van der Waals surface area contributed by atoms with E-state index >= 15 is 0 Å². The van der Waals surface area contributed by atoms with Crippen molar-refractivity contribution in [2.75, 3.05) is 7.11 Å². The van der Waals surface area contributed by atoms with Gasteiger partial charge in [0.15, 0.2) is 0 Å². The summed E-state index contributed by atoms with van der Waals surface area (Å²) >= 11 is 0. The van der Waals surface area contributed by atoms with Gasteiger partial charge in [-0.1, -0.05) is 12.1 Å². The molecule has 3 N–H and O–H groups in total. The summed E-state index contributed by atoms with van der Waals surface area (Å²) in [4.78, 5) is 23.7. The molecule has 7 heteroatoms. The Hall–Kier alpha value is -3.79. The van der Waals surface area contributed by atoms with Crippen LogP contribution in [0.3, 0.4) is 0 Å². The third-order valence-electron chi connectivity index (χ3n) is 5.43. The second-order valence-electron chi connectivity index (χ2n) is 7.20. The molecule has 2 aromatic carbocycles. The van der Waals surface area contributed by atoms with Crippen LogP contribution in [-0.4, -0.2) is 23.5 Å². The molecule has 0 spiro atoms. The van der Waals surface area contributed by atoms with E-state index in [1.165, 1.54) is 0 Å². The predicted molar refractivity (Wildman–Crippen MR) is 107 cm³/mol. The Morgan fingerprint density at radius 2 is 1.93 bits per heavy atom. The maximum absolute atomic E-state index is 12.2. The fourth-order valence-corrected chi connectivity index (χ4v) is 3.51. The van der Waals surface area contributed by atoms with Crippen LogP contribution in [0.5, 0.6) is 5.75 Å². The molecule has 0 unspecified atom stereocenters. The van der Waals surface area contributed by atoms with Crippen LogP contribution in [0.25, 0.3) is 16.6 Å². The van der Waals surface area contributed by atoms with Crippen molar-refractivity contribution in [1.29, 1.82) is 5.26 Å². The van der Waals surface area contributed by atoms with E-state index in [4.69, 9.17) is 10.5 Å². The average Bonchev–Trinajstić information content (AvgIpc) is 3.48. The molecule has 7 nitrogen and oxygen atoms in total. The molecule has 1 fully saturated rings. The normalized spacial score (nSPS) is 14.2. The number of primary amides is 1. The van der Waals surface area contributed by atoms with E-state index in [-0.39, 0.29) is 5.91 Å². The minimum atomic E-state index is -1.02. The highest BCUT2D eigenvalue weighted by molar-refractivity contribution is 6.07. The Morgan fingerprint density at radius 3 is 2.52 bits per heavy atom. The van der Waals surface area contributed by atoms with Crippen LogP contribution in [-0.2, 0) is 16.1 Å². The molecule has 0 saturated heterocycles. The van der Waals surface area contributed by atoms with Gasteiger partial charge in [0, 0.05) is 17.6 Å². The highest BCUT2D eigenvalue weighted by Crippen LogP contribution is 2.45. The van der Waals surface area contributed by atoms with Gasteiger partial charge in [-0.3, -0.25) is 9.59 Å². The van der Waals surface area contributed by atoms with Crippen molar-refractivity contribution >= 4 is 22.7 Å². The molecular formula is C22H20N4O3. The highest BCUT2D eigenvalue weighted by atomic mass is 16.5. The largest absolute Gasteiger partial charge is 0.497 e. The number of nitrogens with two attached hydrogens (primary N) is 1. The molecular weight excluding hydrogens is 368 g/mol. The van der Waals surface area contributed by atoms with E-state index < -0.39 is 11.3 Å². The molecule has 4 rings (SSSR count). The highest BCUT2D eigenvalue weighted by Gasteiger charge is 2.55. The Kier molecular flexibility index (Phi) is 4.47. The van der Waals surface area contributed by atoms with Crippen molar-refractivity contribution in [2.45, 2.75) is 19.4 Å². The van der Waals surface area contributed by atoms with Crippen molar-refractivity contribution in [3.8, 4) is 17.5 Å². The zero-order valence-corrected chi connectivity index (χ0v) is 15.9. The molecule has 1 heterocycles. The summed E-state index contributed by atoms with van der Waals surface area (Å²) in [5.41, 5.74) is 7.46. The molecule has 2 amide bonds. The molecule has 1 saturated carbocycles. The second kappa shape index (κ2) is 6.99. The standard InChI is InChI=1S/C22H20N4O3/c1-29-18-6-7-19-15(11-18)10-17(12-23)26(19)16-4-2-14(3-5-16)13-25-21(28)22(8-9-22)20(24)27/h2-7,10-11H,8-9,13H2,1H3,(H2,24,27)(H,25,28). The molecule has 0 aliphatic heterocycles. The molecule has 146 valence electrons. The summed E-state index contributed by atoms with van der Waals surface area (Å²) in [5.74, 6) is -0.147. The number of amides is 2. The summed E-state index contributed by atoms with van der Waals surface area (Å²) < 4.78 is 7.14. The minimum Gasteiger partial charge on any atom is -0.497 e. The van der Waals surface area contributed by atoms with Gasteiger partial charge in [-0.2, -0.15) is 5.26 Å². The molecule has 1 aliphatic carbocycles. The number of carbonyl (C=O) groups is 2. The molecule has 1 aromatic heterocycles. The van der Waals surface area contributed by atoms with E-state index in [9.17, 15) is 14.9 Å². The van der Waals surface area contributed by atoms with Crippen molar-refractivity contribution in [1.82, 2.24) is 9.88 Å². The van der Waals surface area contributed by atoms with E-state index in [0.717, 1.165) is 27.9 Å². The van der Waals surface area contributed by atoms with Gasteiger partial charge >= 0.3 is 0 Å². The summed E-state index contributed by atoms with van der Waals surface area (Å²) in [6, 6.07) is 17.3. The fourth-order valence-electron chi connectivity index (χ4n) is 3.51. The van der Waals surface area contributed by atoms with E-state index in [2.05, 4.69) is 11.4 Å². The lowest BCUT2D eigenvalue weighted by Crippen LogP contribution is -2.40. The van der Waals surface area contributed by atoms with Crippen LogP contribution in [0.1, 0.15) is 24.1 Å². The third kappa shape index (κ3) is 3.19. The summed E-state index contributed by atoms with van der Waals surface area (Å²) in [5, 5.41) is 13.3. The topological polar surface area (TPSA) is 110 Å². The number of nitrogens with zero attached hydrogens (tertiary/aromatic N) is 2. The van der Waals surface area contributed by atoms with Crippen LogP contribution in [0.2, 0.25) is 0 Å². The van der Waals surface area contributed by atoms with E-state index in [1.807, 2.05) is 53.1 Å². The number of methoxy groups -OCH3 is 1. The van der Waals surface area contributed by atoms with Crippen LogP contribution < -0.4 is 15.8 Å². The summed E-state index contributed by atoms with van der Waals surface area (Å²) in [7, 11) is 1.61. The smallest absolute Gasteiger partial charge is 0.235 e. The predicted octanol–water partition coefficient (Wildman–Crippen LogP) is 2.39. The van der Waals surface area contributed by atoms with Crippen LogP contribution >= 0.6 is 0 Å². The SMILES string of the molecule is COc1ccc2c(c1)cc(C#N)n2-c1ccc(CNC(=O)C2(C(N)=O)CC2)cc1. The number of carbonyl (C=O) groups excluding carboxylic acids is 2. The maximum atomic E-state index is 12.2. The number of aromatic nitrogens is 1. The van der Waals surface area contributed by atoms with Crippen molar-refractivity contribution in [2.24, 2.45) is 11.1 Å². The van der Waals surface area contributed by atoms with Crippen LogP contribution in [0.4, 0.5) is 0 Å². The third-order valence-corrected chi connectivity index (χ3v) is 5.43. The van der Waals surface area contributed by atoms with Crippen molar-refractivity contribution in [3.05, 3.63) is 59.8 Å². The Labute approximate surface area is 167 Å². The lowest BCUT2D eigenvalue weighted by atomic mass is 10.1. The van der Waals surface area contributed by atoms with Gasteiger partial charge in [-0.05, 0) is 54.8 Å². The van der Waals surface area contributed by atoms with E-state index in [0.29, 0.717) is 25.1 Å². The number of ether oxygens (including phenoxy) is 1. The zero-order valence-electron chi connectivity index (χ0n) is 15.9. The number of benzene rings is 2. The molecule has 0 radical (unpaired) electrons. The molecule has 1 aliphatic rings. The van der Waals surface area contributed by atoms with E-state index in [1.54, 1.807) is 7.11 Å². The zero-order chi connectivity index (χ0) is 20.6. The number of hydrogen-bond donors (Lipinski definition) is 2. The molecule has 0 bridgehead atoms. The first-order chi connectivity index (χ1) is 14.0. The lowest BCUT2D eigenvalue weighted by Gasteiger charge is -2.12. The first kappa shape index (κ1) is 18.6. The van der Waals surface area contributed by atoms with Gasteiger partial charge in [0.05, 0.1) is 12.6 Å². The monoisotopic (exact) mass is 388 g/mol. The number of hydrogen-bond acceptors (Lipinski definition) is 4. The first-order valence-electron chi connectivity index (χ1n) is 9.25. The van der Waals surface area contributed by atoms with Crippen molar-refractivity contribution in [3.63, 3.8) is 0 Å². The van der Waals surface area contributed by atoms with Gasteiger partial charge in [-0.15, -0.1) is 0 Å². The first-order valence-corrected chi connectivity index (χ1v) is 9.25. The molecule has 3 aromatic rings. The molecule has 29 heavy (non-hydrogen) atoms. The average molecular weight is 388 g/mol. The molecule has 0 atom stereocenters. The minimum absolute atomic E-state index is 0.308. The number of fused-ring (bicyclic) bond motifs is 1. The van der Waals surface area contributed by atoms with Gasteiger partial charge in [0.25, 0.3) is 0 Å². The van der Waals surface area contributed by atoms with Gasteiger partial charge in [0.1, 0.15) is 22.9 Å². The van der Waals surface area contributed by atoms with Gasteiger partial charge < -0.3 is 20.4 Å². The second-order valence-corrected chi connectivity index (χ2v) is 7.20. The number of nitriles is 1. The van der Waals surface area contributed by atoms with Crippen LogP contribution in [0.15, 0.2) is 48.5 Å². The quantitative estimate of drug-likeness (QED) is 0.632. The Balaban J connectivity index is 1.56. The Morgan fingerprint density at radius 1 is 1.21 bits per heavy atom. The Bertz CT molecular complexity index is 1150. The lowest BCUT2D eigenvalue weighted by molar-refractivity contribution is -0.135. The number of rotatable bonds is 6. The summed E-state index contributed by atoms with van der Waals surface area (Å²) in [6.45, 7) is 0.308. The fraction of sp³-hybridized carbons (Fsp3) is 0.227. The number of nitrogens with one attached hydrogen (secondary N) is 1. The maximum Gasteiger partial charge on any atom is 0.235 e.